The zero-order chi connectivity index (χ0) is 19.4. The van der Waals surface area contributed by atoms with Gasteiger partial charge in [-0.3, -0.25) is 4.79 Å². The molecule has 142 valence electrons. The Morgan fingerprint density at radius 1 is 1.00 bits per heavy atom. The first-order valence-electron chi connectivity index (χ1n) is 9.74. The average molecular weight is 366 g/mol. The smallest absolute Gasteiger partial charge is 0.335 e. The molecule has 27 heavy (non-hydrogen) atoms. The molecule has 0 bridgehead atoms. The minimum absolute atomic E-state index is 0.0918. The van der Waals surface area contributed by atoms with Crippen LogP contribution in [0.1, 0.15) is 66.9 Å². The number of carboxylic acid groups (broad SMARTS) is 1. The van der Waals surface area contributed by atoms with Crippen molar-refractivity contribution in [2.75, 3.05) is 0 Å². The SMILES string of the molecule is CCCCCCCCc1cc(C)c2oc3ccc(C(=O)O)cc3c(=O)c2c1. The van der Waals surface area contributed by atoms with Gasteiger partial charge in [-0.1, -0.05) is 45.1 Å². The van der Waals surface area contributed by atoms with E-state index in [0.29, 0.717) is 21.9 Å². The molecule has 4 heteroatoms. The van der Waals surface area contributed by atoms with Crippen LogP contribution < -0.4 is 5.43 Å². The van der Waals surface area contributed by atoms with Gasteiger partial charge in [0.1, 0.15) is 11.2 Å². The molecular formula is C23H26O4. The number of benzene rings is 2. The number of unbranched alkanes of at least 4 members (excludes halogenated alkanes) is 5. The zero-order valence-electron chi connectivity index (χ0n) is 16.0. The van der Waals surface area contributed by atoms with Gasteiger partial charge in [0.05, 0.1) is 16.3 Å². The minimum atomic E-state index is -1.05. The lowest BCUT2D eigenvalue weighted by atomic mass is 10.00. The third kappa shape index (κ3) is 4.21. The van der Waals surface area contributed by atoms with E-state index in [9.17, 15) is 14.7 Å². The topological polar surface area (TPSA) is 67.5 Å². The van der Waals surface area contributed by atoms with Crippen LogP contribution in [0.15, 0.2) is 39.5 Å². The number of carboxylic acids is 1. The van der Waals surface area contributed by atoms with Crippen molar-refractivity contribution in [2.24, 2.45) is 0 Å². The third-order valence-electron chi connectivity index (χ3n) is 5.08. The van der Waals surface area contributed by atoms with E-state index in [2.05, 4.69) is 13.0 Å². The molecule has 4 nitrogen and oxygen atoms in total. The molecular weight excluding hydrogens is 340 g/mol. The molecule has 3 rings (SSSR count). The lowest BCUT2D eigenvalue weighted by Gasteiger charge is -2.08. The Bertz CT molecular complexity index is 1030. The molecule has 0 saturated heterocycles. The number of aryl methyl sites for hydroxylation is 2. The minimum Gasteiger partial charge on any atom is -0.478 e. The van der Waals surface area contributed by atoms with Crippen molar-refractivity contribution in [3.05, 3.63) is 57.2 Å². The van der Waals surface area contributed by atoms with E-state index in [4.69, 9.17) is 4.42 Å². The van der Waals surface area contributed by atoms with Gasteiger partial charge >= 0.3 is 5.97 Å². The van der Waals surface area contributed by atoms with Gasteiger partial charge in [-0.2, -0.15) is 0 Å². The van der Waals surface area contributed by atoms with Gasteiger partial charge in [0.25, 0.3) is 0 Å². The van der Waals surface area contributed by atoms with Crippen molar-refractivity contribution in [1.82, 2.24) is 0 Å². The van der Waals surface area contributed by atoms with Crippen LogP contribution in [-0.4, -0.2) is 11.1 Å². The fourth-order valence-electron chi connectivity index (χ4n) is 3.59. The zero-order valence-corrected chi connectivity index (χ0v) is 16.0. The largest absolute Gasteiger partial charge is 0.478 e. The summed E-state index contributed by atoms with van der Waals surface area (Å²) < 4.78 is 5.92. The number of aromatic carboxylic acids is 1. The summed E-state index contributed by atoms with van der Waals surface area (Å²) in [5.74, 6) is -1.05. The molecule has 2 aromatic carbocycles. The van der Waals surface area contributed by atoms with Crippen LogP contribution in [0.25, 0.3) is 21.9 Å². The molecule has 0 amide bonds. The molecule has 1 N–H and O–H groups in total. The highest BCUT2D eigenvalue weighted by molar-refractivity contribution is 5.96. The van der Waals surface area contributed by atoms with Gasteiger partial charge in [0.15, 0.2) is 0 Å². The quantitative estimate of drug-likeness (QED) is 0.401. The summed E-state index contributed by atoms with van der Waals surface area (Å²) in [5.41, 5.74) is 3.01. The van der Waals surface area contributed by atoms with Crippen molar-refractivity contribution >= 4 is 27.9 Å². The lowest BCUT2D eigenvalue weighted by Crippen LogP contribution is -2.06. The van der Waals surface area contributed by atoms with Gasteiger partial charge in [0.2, 0.25) is 5.43 Å². The van der Waals surface area contributed by atoms with E-state index in [0.717, 1.165) is 24.0 Å². The van der Waals surface area contributed by atoms with Gasteiger partial charge in [-0.25, -0.2) is 4.79 Å². The number of fused-ring (bicyclic) bond motifs is 2. The Hall–Kier alpha value is -2.62. The normalized spacial score (nSPS) is 11.3. The number of carbonyl (C=O) groups is 1. The maximum atomic E-state index is 13.0. The molecule has 0 aliphatic rings. The van der Waals surface area contributed by atoms with Gasteiger partial charge < -0.3 is 9.52 Å². The summed E-state index contributed by atoms with van der Waals surface area (Å²) in [5, 5.41) is 10.0. The first-order chi connectivity index (χ1) is 13.0. The van der Waals surface area contributed by atoms with Crippen LogP contribution in [0.5, 0.6) is 0 Å². The Morgan fingerprint density at radius 3 is 2.48 bits per heavy atom. The van der Waals surface area contributed by atoms with Crippen LogP contribution in [0.3, 0.4) is 0 Å². The summed E-state index contributed by atoms with van der Waals surface area (Å²) in [6, 6.07) is 8.42. The Balaban J connectivity index is 1.93. The molecule has 0 fully saturated rings. The van der Waals surface area contributed by atoms with E-state index < -0.39 is 5.97 Å². The maximum Gasteiger partial charge on any atom is 0.335 e. The molecule has 0 atom stereocenters. The first kappa shape index (κ1) is 19.2. The van der Waals surface area contributed by atoms with Crippen LogP contribution in [0.4, 0.5) is 0 Å². The Morgan fingerprint density at radius 2 is 1.74 bits per heavy atom. The maximum absolute atomic E-state index is 13.0. The molecule has 1 aromatic heterocycles. The van der Waals surface area contributed by atoms with Gasteiger partial charge in [-0.05, 0) is 55.2 Å². The Kier molecular flexibility index (Phi) is 5.94. The van der Waals surface area contributed by atoms with E-state index >= 15 is 0 Å². The summed E-state index contributed by atoms with van der Waals surface area (Å²) in [7, 11) is 0. The van der Waals surface area contributed by atoms with Crippen LogP contribution >= 0.6 is 0 Å². The lowest BCUT2D eigenvalue weighted by molar-refractivity contribution is 0.0697. The first-order valence-corrected chi connectivity index (χ1v) is 9.74. The highest BCUT2D eigenvalue weighted by atomic mass is 16.4. The highest BCUT2D eigenvalue weighted by Crippen LogP contribution is 2.24. The van der Waals surface area contributed by atoms with Crippen molar-refractivity contribution in [3.8, 4) is 0 Å². The molecule has 0 unspecified atom stereocenters. The van der Waals surface area contributed by atoms with Crippen molar-refractivity contribution in [2.45, 2.75) is 58.8 Å². The number of hydrogen-bond acceptors (Lipinski definition) is 3. The third-order valence-corrected chi connectivity index (χ3v) is 5.08. The summed E-state index contributed by atoms with van der Waals surface area (Å²) in [6.45, 7) is 4.17. The Labute approximate surface area is 158 Å². The van der Waals surface area contributed by atoms with Crippen LogP contribution in [0, 0.1) is 6.92 Å². The number of rotatable bonds is 8. The average Bonchev–Trinajstić information content (AvgIpc) is 2.65. The predicted octanol–water partition coefficient (Wildman–Crippen LogP) is 5.86. The second-order valence-electron chi connectivity index (χ2n) is 7.25. The van der Waals surface area contributed by atoms with Crippen molar-refractivity contribution in [3.63, 3.8) is 0 Å². The molecule has 0 saturated carbocycles. The van der Waals surface area contributed by atoms with E-state index in [1.54, 1.807) is 6.07 Å². The van der Waals surface area contributed by atoms with Crippen molar-refractivity contribution < 1.29 is 14.3 Å². The molecule has 0 spiro atoms. The fourth-order valence-corrected chi connectivity index (χ4v) is 3.59. The molecule has 3 aromatic rings. The highest BCUT2D eigenvalue weighted by Gasteiger charge is 2.13. The van der Waals surface area contributed by atoms with Gasteiger partial charge in [0, 0.05) is 0 Å². The van der Waals surface area contributed by atoms with Gasteiger partial charge in [-0.15, -0.1) is 0 Å². The second-order valence-corrected chi connectivity index (χ2v) is 7.25. The van der Waals surface area contributed by atoms with Crippen LogP contribution in [0.2, 0.25) is 0 Å². The molecule has 0 aliphatic carbocycles. The van der Waals surface area contributed by atoms with E-state index in [1.807, 2.05) is 13.0 Å². The number of hydrogen-bond donors (Lipinski definition) is 1. The second kappa shape index (κ2) is 8.38. The van der Waals surface area contributed by atoms with Crippen LogP contribution in [-0.2, 0) is 6.42 Å². The monoisotopic (exact) mass is 366 g/mol. The molecule has 1 heterocycles. The molecule has 0 aliphatic heterocycles. The fraction of sp³-hybridized carbons (Fsp3) is 0.391. The molecule has 0 radical (unpaired) electrons. The summed E-state index contributed by atoms with van der Waals surface area (Å²) in [4.78, 5) is 24.2. The summed E-state index contributed by atoms with van der Waals surface area (Å²) in [6.07, 6.45) is 8.33. The summed E-state index contributed by atoms with van der Waals surface area (Å²) >= 11 is 0. The van der Waals surface area contributed by atoms with E-state index in [-0.39, 0.29) is 11.0 Å². The van der Waals surface area contributed by atoms with Crippen molar-refractivity contribution in [1.29, 1.82) is 0 Å². The predicted molar refractivity (Wildman–Crippen MR) is 109 cm³/mol. The van der Waals surface area contributed by atoms with E-state index in [1.165, 1.54) is 44.2 Å². The standard InChI is InChI=1S/C23H26O4/c1-3-4-5-6-7-8-9-16-12-15(2)22-19(13-16)21(24)18-14-17(23(25)26)10-11-20(18)27-22/h10-14H,3-9H2,1-2H3,(H,25,26).